The van der Waals surface area contributed by atoms with Gasteiger partial charge in [-0.25, -0.2) is 9.97 Å². The van der Waals surface area contributed by atoms with Crippen LogP contribution in [0.4, 0.5) is 5.95 Å². The molecule has 4 heterocycles. The third-order valence-corrected chi connectivity index (χ3v) is 5.55. The van der Waals surface area contributed by atoms with E-state index in [0.29, 0.717) is 24.7 Å². The van der Waals surface area contributed by atoms with E-state index in [1.54, 1.807) is 12.4 Å². The number of carbonyl (C=O) groups excluding carboxylic acids is 1. The van der Waals surface area contributed by atoms with Gasteiger partial charge in [-0.3, -0.25) is 4.79 Å². The number of nitrogens with zero attached hydrogens (tertiary/aromatic N) is 4. The quantitative estimate of drug-likeness (QED) is 0.808. The molecule has 1 spiro atoms. The summed E-state index contributed by atoms with van der Waals surface area (Å²) >= 11 is 0. The second-order valence-corrected chi connectivity index (χ2v) is 7.15. The van der Waals surface area contributed by atoms with E-state index in [-0.39, 0.29) is 11.5 Å². The molecule has 1 amide bonds. The summed E-state index contributed by atoms with van der Waals surface area (Å²) in [4.78, 5) is 25.6. The summed E-state index contributed by atoms with van der Waals surface area (Å²) in [6.07, 6.45) is 8.59. The molecule has 4 rings (SSSR count). The van der Waals surface area contributed by atoms with E-state index in [1.165, 1.54) is 0 Å². The molecule has 25 heavy (non-hydrogen) atoms. The topological polar surface area (TPSA) is 67.8 Å². The fourth-order valence-corrected chi connectivity index (χ4v) is 4.06. The van der Waals surface area contributed by atoms with Crippen molar-refractivity contribution >= 4 is 11.9 Å². The molecule has 0 N–H and O–H groups in total. The Morgan fingerprint density at radius 1 is 0.960 bits per heavy atom. The van der Waals surface area contributed by atoms with E-state index in [2.05, 4.69) is 14.9 Å². The number of hydrogen-bond donors (Lipinski definition) is 0. The molecular weight excluding hydrogens is 320 g/mol. The second kappa shape index (κ2) is 7.25. The molecule has 0 saturated carbocycles. The number of morpholine rings is 1. The van der Waals surface area contributed by atoms with E-state index < -0.39 is 0 Å². The van der Waals surface area contributed by atoms with Crippen LogP contribution in [0.25, 0.3) is 0 Å². The maximum Gasteiger partial charge on any atom is 0.256 e. The fraction of sp³-hybridized carbons (Fsp3) is 0.722. The molecule has 0 aromatic carbocycles. The van der Waals surface area contributed by atoms with Gasteiger partial charge in [0, 0.05) is 45.2 Å². The summed E-state index contributed by atoms with van der Waals surface area (Å²) < 4.78 is 11.3. The van der Waals surface area contributed by atoms with Crippen molar-refractivity contribution < 1.29 is 14.3 Å². The average Bonchev–Trinajstić information content (AvgIpc) is 3.03. The van der Waals surface area contributed by atoms with Gasteiger partial charge in [-0.1, -0.05) is 0 Å². The molecule has 0 aliphatic carbocycles. The summed E-state index contributed by atoms with van der Waals surface area (Å²) in [6, 6.07) is 0. The van der Waals surface area contributed by atoms with Crippen molar-refractivity contribution in [3.63, 3.8) is 0 Å². The molecule has 0 unspecified atom stereocenters. The van der Waals surface area contributed by atoms with E-state index in [1.807, 2.05) is 4.90 Å². The summed E-state index contributed by atoms with van der Waals surface area (Å²) in [6.45, 7) is 5.39. The summed E-state index contributed by atoms with van der Waals surface area (Å²) in [5.74, 6) is 0.706. The lowest BCUT2D eigenvalue weighted by Gasteiger charge is -2.27. The van der Waals surface area contributed by atoms with Crippen LogP contribution in [0.3, 0.4) is 0 Å². The predicted molar refractivity (Wildman–Crippen MR) is 92.7 cm³/mol. The third kappa shape index (κ3) is 3.62. The molecule has 1 aromatic heterocycles. The van der Waals surface area contributed by atoms with Gasteiger partial charge in [0.1, 0.15) is 0 Å². The number of anilines is 1. The van der Waals surface area contributed by atoms with Gasteiger partial charge in [-0.05, 0) is 32.1 Å². The van der Waals surface area contributed by atoms with Gasteiger partial charge in [0.2, 0.25) is 5.95 Å². The number of ether oxygens (including phenoxy) is 2. The van der Waals surface area contributed by atoms with Gasteiger partial charge in [-0.15, -0.1) is 0 Å². The molecule has 0 bridgehead atoms. The van der Waals surface area contributed by atoms with Crippen molar-refractivity contribution in [3.8, 4) is 0 Å². The fourth-order valence-electron chi connectivity index (χ4n) is 4.06. The Kier molecular flexibility index (Phi) is 4.85. The molecule has 7 nitrogen and oxygen atoms in total. The molecule has 1 atom stereocenters. The highest BCUT2D eigenvalue weighted by Crippen LogP contribution is 2.35. The molecule has 7 heteroatoms. The summed E-state index contributed by atoms with van der Waals surface area (Å²) in [7, 11) is 0. The molecule has 3 fully saturated rings. The monoisotopic (exact) mass is 346 g/mol. The number of hydrogen-bond acceptors (Lipinski definition) is 6. The number of aromatic nitrogens is 2. The van der Waals surface area contributed by atoms with Crippen LogP contribution in [0.15, 0.2) is 12.4 Å². The minimum Gasteiger partial charge on any atom is -0.378 e. The highest BCUT2D eigenvalue weighted by atomic mass is 16.5. The Morgan fingerprint density at radius 2 is 1.72 bits per heavy atom. The van der Waals surface area contributed by atoms with E-state index in [0.717, 1.165) is 64.9 Å². The van der Waals surface area contributed by atoms with Gasteiger partial charge in [0.25, 0.3) is 5.91 Å². The van der Waals surface area contributed by atoms with Crippen molar-refractivity contribution in [2.24, 2.45) is 0 Å². The summed E-state index contributed by atoms with van der Waals surface area (Å²) in [5, 5.41) is 0. The number of likely N-dealkylation sites (tertiary alicyclic amines) is 1. The largest absolute Gasteiger partial charge is 0.378 e. The first-order valence-corrected chi connectivity index (χ1v) is 9.34. The molecular formula is C18H26N4O3. The number of rotatable bonds is 2. The van der Waals surface area contributed by atoms with Crippen LogP contribution in [-0.4, -0.2) is 72.4 Å². The van der Waals surface area contributed by atoms with Crippen LogP contribution in [0.2, 0.25) is 0 Å². The van der Waals surface area contributed by atoms with Crippen molar-refractivity contribution in [1.29, 1.82) is 0 Å². The Hall–Kier alpha value is -1.73. The number of amides is 1. The Bertz CT molecular complexity index is 595. The lowest BCUT2D eigenvalue weighted by molar-refractivity contribution is -0.00691. The first-order valence-electron chi connectivity index (χ1n) is 9.34. The Balaban J connectivity index is 1.40. The van der Waals surface area contributed by atoms with Crippen molar-refractivity contribution in [2.75, 3.05) is 50.9 Å². The maximum atomic E-state index is 12.8. The van der Waals surface area contributed by atoms with Crippen molar-refractivity contribution in [1.82, 2.24) is 14.9 Å². The van der Waals surface area contributed by atoms with Gasteiger partial charge in [0.15, 0.2) is 0 Å². The first kappa shape index (κ1) is 16.7. The molecule has 1 aromatic rings. The van der Waals surface area contributed by atoms with Crippen LogP contribution in [0.1, 0.15) is 42.5 Å². The van der Waals surface area contributed by atoms with Gasteiger partial charge >= 0.3 is 0 Å². The third-order valence-electron chi connectivity index (χ3n) is 5.55. The van der Waals surface area contributed by atoms with Crippen LogP contribution in [0.5, 0.6) is 0 Å². The van der Waals surface area contributed by atoms with E-state index in [9.17, 15) is 4.79 Å². The minimum atomic E-state index is 0.0196. The standard InChI is InChI=1S/C18H26N4O3/c23-16(21-6-1-3-18(5-7-21)4-2-10-25-18)15-13-19-17(20-14-15)22-8-11-24-12-9-22/h13-14H,1-12H2/t18-/m1/s1. The zero-order chi connectivity index (χ0) is 17.1. The van der Waals surface area contributed by atoms with E-state index >= 15 is 0 Å². The minimum absolute atomic E-state index is 0.0196. The van der Waals surface area contributed by atoms with Crippen LogP contribution in [-0.2, 0) is 9.47 Å². The van der Waals surface area contributed by atoms with Crippen molar-refractivity contribution in [3.05, 3.63) is 18.0 Å². The smallest absolute Gasteiger partial charge is 0.256 e. The molecule has 0 radical (unpaired) electrons. The Labute approximate surface area is 148 Å². The molecule has 3 saturated heterocycles. The van der Waals surface area contributed by atoms with E-state index in [4.69, 9.17) is 9.47 Å². The van der Waals surface area contributed by atoms with Gasteiger partial charge in [0.05, 0.1) is 24.4 Å². The van der Waals surface area contributed by atoms with Crippen LogP contribution in [0, 0.1) is 0 Å². The van der Waals surface area contributed by atoms with Crippen LogP contribution >= 0.6 is 0 Å². The predicted octanol–water partition coefficient (Wildman–Crippen LogP) is 1.49. The van der Waals surface area contributed by atoms with Gasteiger partial charge in [-0.2, -0.15) is 0 Å². The summed E-state index contributed by atoms with van der Waals surface area (Å²) in [5.41, 5.74) is 0.589. The second-order valence-electron chi connectivity index (χ2n) is 7.15. The zero-order valence-electron chi connectivity index (χ0n) is 14.7. The normalized spacial score (nSPS) is 27.5. The highest BCUT2D eigenvalue weighted by Gasteiger charge is 2.37. The lowest BCUT2D eigenvalue weighted by atomic mass is 9.92. The molecule has 136 valence electrons. The maximum absolute atomic E-state index is 12.8. The first-order chi connectivity index (χ1) is 12.3. The molecule has 3 aliphatic heterocycles. The van der Waals surface area contributed by atoms with Crippen molar-refractivity contribution in [2.45, 2.75) is 37.7 Å². The average molecular weight is 346 g/mol. The number of carbonyl (C=O) groups is 1. The SMILES string of the molecule is O=C(c1cnc(N2CCOCC2)nc1)N1CCC[C@@]2(CCCO2)CC1. The highest BCUT2D eigenvalue weighted by molar-refractivity contribution is 5.93. The molecule has 3 aliphatic rings. The Morgan fingerprint density at radius 3 is 2.44 bits per heavy atom. The van der Waals surface area contributed by atoms with Gasteiger partial charge < -0.3 is 19.3 Å². The van der Waals surface area contributed by atoms with Crippen LogP contribution < -0.4 is 4.90 Å². The lowest BCUT2D eigenvalue weighted by Crippen LogP contribution is -2.37. The zero-order valence-corrected chi connectivity index (χ0v) is 14.7.